The van der Waals surface area contributed by atoms with Crippen molar-refractivity contribution >= 4 is 34.2 Å². The van der Waals surface area contributed by atoms with Gasteiger partial charge in [0.05, 0.1) is 23.8 Å². The van der Waals surface area contributed by atoms with E-state index in [0.717, 1.165) is 5.56 Å². The predicted octanol–water partition coefficient (Wildman–Crippen LogP) is 4.10. The Hall–Kier alpha value is -2.67. The number of nitrogens with zero attached hydrogens (tertiary/aromatic N) is 1. The molecule has 2 rings (SSSR count). The van der Waals surface area contributed by atoms with Gasteiger partial charge >= 0.3 is 0 Å². The molecule has 0 saturated carbocycles. The smallest absolute Gasteiger partial charge is 0.250 e. The zero-order valence-corrected chi connectivity index (χ0v) is 16.3. The molecule has 26 heavy (non-hydrogen) atoms. The summed E-state index contributed by atoms with van der Waals surface area (Å²) in [5.74, 6) is 0.865. The van der Waals surface area contributed by atoms with E-state index in [2.05, 4.69) is 10.3 Å². The Bertz CT molecular complexity index is 840. The first kappa shape index (κ1) is 19.7. The van der Waals surface area contributed by atoms with E-state index in [-0.39, 0.29) is 17.8 Å². The lowest BCUT2D eigenvalue weighted by Gasteiger charge is -2.13. The number of rotatable bonds is 7. The molecule has 0 fully saturated rings. The second-order valence-corrected chi connectivity index (χ2v) is 6.89. The van der Waals surface area contributed by atoms with Crippen LogP contribution in [0.15, 0.2) is 24.3 Å². The van der Waals surface area contributed by atoms with Gasteiger partial charge in [-0.15, -0.1) is 0 Å². The minimum Gasteiger partial charge on any atom is -0.493 e. The molecule has 0 atom stereocenters. The van der Waals surface area contributed by atoms with Crippen LogP contribution in [0.25, 0.3) is 6.08 Å². The summed E-state index contributed by atoms with van der Waals surface area (Å²) < 4.78 is 11.0. The van der Waals surface area contributed by atoms with Gasteiger partial charge in [0.15, 0.2) is 22.4 Å². The molecule has 2 aromatic rings. The van der Waals surface area contributed by atoms with Crippen molar-refractivity contribution in [2.24, 2.45) is 0 Å². The number of hydrogen-bond acceptors (Lipinski definition) is 6. The second kappa shape index (κ2) is 8.62. The summed E-state index contributed by atoms with van der Waals surface area (Å²) in [5, 5.41) is 3.07. The average Bonchev–Trinajstić information content (AvgIpc) is 2.94. The van der Waals surface area contributed by atoms with Crippen molar-refractivity contribution in [3.05, 3.63) is 40.4 Å². The molecule has 1 aromatic carbocycles. The summed E-state index contributed by atoms with van der Waals surface area (Å²) >= 11 is 1.17. The van der Waals surface area contributed by atoms with Gasteiger partial charge in [-0.05, 0) is 44.5 Å². The number of thiazole rings is 1. The number of ether oxygens (including phenoxy) is 2. The van der Waals surface area contributed by atoms with Gasteiger partial charge in [-0.1, -0.05) is 17.4 Å². The van der Waals surface area contributed by atoms with Crippen molar-refractivity contribution in [3.63, 3.8) is 0 Å². The predicted molar refractivity (Wildman–Crippen MR) is 103 cm³/mol. The van der Waals surface area contributed by atoms with E-state index in [1.165, 1.54) is 24.3 Å². The zero-order valence-electron chi connectivity index (χ0n) is 15.5. The average molecular weight is 374 g/mol. The molecule has 138 valence electrons. The van der Waals surface area contributed by atoms with Gasteiger partial charge in [0.1, 0.15) is 0 Å². The summed E-state index contributed by atoms with van der Waals surface area (Å²) in [4.78, 5) is 28.3. The van der Waals surface area contributed by atoms with Crippen LogP contribution in [0, 0.1) is 6.92 Å². The normalized spacial score (nSPS) is 11.0. The maximum absolute atomic E-state index is 12.1. The lowest BCUT2D eigenvalue weighted by atomic mass is 10.2. The summed E-state index contributed by atoms with van der Waals surface area (Å²) in [5.41, 5.74) is 1.42. The third kappa shape index (κ3) is 5.16. The zero-order chi connectivity index (χ0) is 19.3. The minimum atomic E-state index is -0.324. The van der Waals surface area contributed by atoms with Crippen molar-refractivity contribution < 1.29 is 19.1 Å². The first-order chi connectivity index (χ1) is 12.3. The van der Waals surface area contributed by atoms with Crippen LogP contribution >= 0.6 is 11.3 Å². The molecule has 1 amide bonds. The number of carbonyl (C=O) groups excluding carboxylic acids is 2. The van der Waals surface area contributed by atoms with Gasteiger partial charge in [0.25, 0.3) is 0 Å². The molecule has 1 aromatic heterocycles. The topological polar surface area (TPSA) is 77.5 Å². The molecule has 0 aliphatic heterocycles. The molecule has 1 heterocycles. The highest BCUT2D eigenvalue weighted by atomic mass is 32.1. The van der Waals surface area contributed by atoms with Crippen LogP contribution in [0.5, 0.6) is 11.5 Å². The fourth-order valence-corrected chi connectivity index (χ4v) is 3.10. The standard InChI is InChI=1S/C19H22N2O4S/c1-11(2)25-15-8-6-14(10-16(15)24-5)7-9-17(23)21-19-20-12(3)18(26-19)13(4)22/h6-11H,1-5H3,(H,20,21,23). The number of amides is 1. The van der Waals surface area contributed by atoms with E-state index in [9.17, 15) is 9.59 Å². The van der Waals surface area contributed by atoms with Crippen LogP contribution in [0.2, 0.25) is 0 Å². The second-order valence-electron chi connectivity index (χ2n) is 5.89. The summed E-state index contributed by atoms with van der Waals surface area (Å²) in [6, 6.07) is 5.44. The molecule has 0 saturated heterocycles. The first-order valence-corrected chi connectivity index (χ1v) is 8.94. The van der Waals surface area contributed by atoms with Gasteiger partial charge in [0, 0.05) is 13.0 Å². The molecule has 0 aliphatic carbocycles. The van der Waals surface area contributed by atoms with Crippen molar-refractivity contribution in [2.45, 2.75) is 33.8 Å². The highest BCUT2D eigenvalue weighted by Gasteiger charge is 2.12. The number of nitrogens with one attached hydrogen (secondary N) is 1. The number of aryl methyl sites for hydroxylation is 1. The molecular weight excluding hydrogens is 352 g/mol. The van der Waals surface area contributed by atoms with Crippen molar-refractivity contribution in [1.29, 1.82) is 0 Å². The molecule has 0 aliphatic rings. The van der Waals surface area contributed by atoms with Gasteiger partial charge in [-0.25, -0.2) is 4.98 Å². The Morgan fingerprint density at radius 3 is 2.58 bits per heavy atom. The van der Waals surface area contributed by atoms with E-state index in [4.69, 9.17) is 9.47 Å². The van der Waals surface area contributed by atoms with Gasteiger partial charge in [0.2, 0.25) is 5.91 Å². The number of anilines is 1. The number of aromatic nitrogens is 1. The summed E-state index contributed by atoms with van der Waals surface area (Å²) in [6.45, 7) is 7.10. The summed E-state index contributed by atoms with van der Waals surface area (Å²) in [6.07, 6.45) is 3.11. The molecule has 7 heteroatoms. The lowest BCUT2D eigenvalue weighted by molar-refractivity contribution is -0.111. The van der Waals surface area contributed by atoms with Crippen LogP contribution in [-0.4, -0.2) is 29.9 Å². The maximum atomic E-state index is 12.1. The summed E-state index contributed by atoms with van der Waals surface area (Å²) in [7, 11) is 1.57. The maximum Gasteiger partial charge on any atom is 0.250 e. The van der Waals surface area contributed by atoms with Crippen LogP contribution in [-0.2, 0) is 4.79 Å². The highest BCUT2D eigenvalue weighted by Crippen LogP contribution is 2.29. The van der Waals surface area contributed by atoms with Crippen molar-refractivity contribution in [2.75, 3.05) is 12.4 Å². The van der Waals surface area contributed by atoms with Crippen LogP contribution < -0.4 is 14.8 Å². The van der Waals surface area contributed by atoms with E-state index >= 15 is 0 Å². The fourth-order valence-electron chi connectivity index (χ4n) is 2.23. The number of ketones is 1. The fraction of sp³-hybridized carbons (Fsp3) is 0.316. The quantitative estimate of drug-likeness (QED) is 0.583. The highest BCUT2D eigenvalue weighted by molar-refractivity contribution is 7.17. The number of benzene rings is 1. The van der Waals surface area contributed by atoms with E-state index in [0.29, 0.717) is 27.2 Å². The van der Waals surface area contributed by atoms with E-state index in [1.54, 1.807) is 32.2 Å². The first-order valence-electron chi connectivity index (χ1n) is 8.12. The number of Topliss-reactive ketones (excluding diaryl/α,β-unsaturated/α-hetero) is 1. The molecule has 0 spiro atoms. The van der Waals surface area contributed by atoms with Gasteiger partial charge in [-0.2, -0.15) is 0 Å². The van der Waals surface area contributed by atoms with Gasteiger partial charge in [-0.3, -0.25) is 14.9 Å². The van der Waals surface area contributed by atoms with E-state index < -0.39 is 0 Å². The third-order valence-corrected chi connectivity index (χ3v) is 4.50. The molecular formula is C19H22N2O4S. The van der Waals surface area contributed by atoms with Crippen LogP contribution in [0.4, 0.5) is 5.13 Å². The lowest BCUT2D eigenvalue weighted by Crippen LogP contribution is -2.07. The minimum absolute atomic E-state index is 0.0396. The third-order valence-electron chi connectivity index (χ3n) is 3.32. The molecule has 0 unspecified atom stereocenters. The largest absolute Gasteiger partial charge is 0.493 e. The Morgan fingerprint density at radius 2 is 2.00 bits per heavy atom. The van der Waals surface area contributed by atoms with E-state index in [1.807, 2.05) is 19.9 Å². The Balaban J connectivity index is 2.08. The number of hydrogen-bond donors (Lipinski definition) is 1. The molecule has 0 bridgehead atoms. The molecule has 1 N–H and O–H groups in total. The SMILES string of the molecule is COc1cc(C=CC(=O)Nc2nc(C)c(C(C)=O)s2)ccc1OC(C)C. The Morgan fingerprint density at radius 1 is 1.27 bits per heavy atom. The van der Waals surface area contributed by atoms with Gasteiger partial charge < -0.3 is 9.47 Å². The van der Waals surface area contributed by atoms with Crippen LogP contribution in [0.3, 0.4) is 0 Å². The number of carbonyl (C=O) groups is 2. The monoisotopic (exact) mass is 374 g/mol. The van der Waals surface area contributed by atoms with Crippen LogP contribution in [0.1, 0.15) is 41.7 Å². The molecule has 0 radical (unpaired) electrons. The molecule has 6 nitrogen and oxygen atoms in total. The van der Waals surface area contributed by atoms with Crippen molar-refractivity contribution in [3.8, 4) is 11.5 Å². The Kier molecular flexibility index (Phi) is 6.52. The van der Waals surface area contributed by atoms with Crippen molar-refractivity contribution in [1.82, 2.24) is 4.98 Å². The Labute approximate surface area is 156 Å². The number of methoxy groups -OCH3 is 1.